The summed E-state index contributed by atoms with van der Waals surface area (Å²) < 4.78 is 5.23. The molecule has 2 aromatic rings. The van der Waals surface area contributed by atoms with Crippen molar-refractivity contribution in [1.29, 1.82) is 0 Å². The lowest BCUT2D eigenvalue weighted by Gasteiger charge is -2.10. The van der Waals surface area contributed by atoms with Crippen molar-refractivity contribution >= 4 is 17.5 Å². The molecule has 0 fully saturated rings. The maximum absolute atomic E-state index is 11.8. The number of hydrogen-bond donors (Lipinski definition) is 0. The SMILES string of the molecule is COc1cccc(Sc2ncc(C)cn2)c1C(C)=O. The van der Waals surface area contributed by atoms with E-state index in [1.807, 2.05) is 19.1 Å². The summed E-state index contributed by atoms with van der Waals surface area (Å²) >= 11 is 1.36. The van der Waals surface area contributed by atoms with Gasteiger partial charge in [0.25, 0.3) is 0 Å². The highest BCUT2D eigenvalue weighted by atomic mass is 32.2. The van der Waals surface area contributed by atoms with E-state index >= 15 is 0 Å². The minimum absolute atomic E-state index is 0.0351. The van der Waals surface area contributed by atoms with E-state index < -0.39 is 0 Å². The first kappa shape index (κ1) is 13.5. The van der Waals surface area contributed by atoms with Gasteiger partial charge < -0.3 is 4.74 Å². The van der Waals surface area contributed by atoms with Crippen LogP contribution < -0.4 is 4.74 Å². The minimum atomic E-state index is -0.0351. The van der Waals surface area contributed by atoms with Crippen LogP contribution in [0.2, 0.25) is 0 Å². The largest absolute Gasteiger partial charge is 0.496 e. The molecule has 0 aliphatic heterocycles. The van der Waals surface area contributed by atoms with Gasteiger partial charge in [0.05, 0.1) is 12.7 Å². The number of Topliss-reactive ketones (excluding diaryl/α,β-unsaturated/α-hetero) is 1. The molecule has 0 aliphatic carbocycles. The maximum Gasteiger partial charge on any atom is 0.192 e. The van der Waals surface area contributed by atoms with Gasteiger partial charge in [0.1, 0.15) is 5.75 Å². The molecular formula is C14H14N2O2S. The summed E-state index contributed by atoms with van der Waals surface area (Å²) in [6.07, 6.45) is 3.51. The van der Waals surface area contributed by atoms with Crippen LogP contribution in [0.3, 0.4) is 0 Å². The molecule has 0 amide bonds. The number of aryl methyl sites for hydroxylation is 1. The van der Waals surface area contributed by atoms with Crippen LogP contribution in [0.4, 0.5) is 0 Å². The highest BCUT2D eigenvalue weighted by molar-refractivity contribution is 7.99. The quantitative estimate of drug-likeness (QED) is 0.633. The van der Waals surface area contributed by atoms with Gasteiger partial charge in [-0.2, -0.15) is 0 Å². The molecular weight excluding hydrogens is 260 g/mol. The predicted octanol–water partition coefficient (Wildman–Crippen LogP) is 3.15. The zero-order valence-corrected chi connectivity index (χ0v) is 11.8. The van der Waals surface area contributed by atoms with Crippen molar-refractivity contribution in [3.63, 3.8) is 0 Å². The Bertz CT molecular complexity index is 597. The van der Waals surface area contributed by atoms with Crippen LogP contribution in [-0.4, -0.2) is 22.9 Å². The second-order valence-electron chi connectivity index (χ2n) is 4.03. The fourth-order valence-corrected chi connectivity index (χ4v) is 2.55. The first-order valence-electron chi connectivity index (χ1n) is 5.76. The number of carbonyl (C=O) groups excluding carboxylic acids is 1. The van der Waals surface area contributed by atoms with Gasteiger partial charge in [-0.3, -0.25) is 4.79 Å². The lowest BCUT2D eigenvalue weighted by molar-refractivity contribution is 0.101. The van der Waals surface area contributed by atoms with Gasteiger partial charge >= 0.3 is 0 Å². The Balaban J connectivity index is 2.39. The summed E-state index contributed by atoms with van der Waals surface area (Å²) in [5, 5.41) is 0.612. The summed E-state index contributed by atoms with van der Waals surface area (Å²) in [5.74, 6) is 0.539. The highest BCUT2D eigenvalue weighted by Crippen LogP contribution is 2.33. The molecule has 0 atom stereocenters. The third kappa shape index (κ3) is 3.12. The Labute approximate surface area is 116 Å². The summed E-state index contributed by atoms with van der Waals surface area (Å²) in [6, 6.07) is 5.49. The molecule has 0 aliphatic rings. The van der Waals surface area contributed by atoms with Gasteiger partial charge in [0, 0.05) is 17.3 Å². The second kappa shape index (κ2) is 5.84. The van der Waals surface area contributed by atoms with Crippen molar-refractivity contribution in [2.75, 3.05) is 7.11 Å². The highest BCUT2D eigenvalue weighted by Gasteiger charge is 2.15. The molecule has 19 heavy (non-hydrogen) atoms. The smallest absolute Gasteiger partial charge is 0.192 e. The van der Waals surface area contributed by atoms with E-state index in [1.165, 1.54) is 18.7 Å². The van der Waals surface area contributed by atoms with Gasteiger partial charge in [-0.1, -0.05) is 6.07 Å². The average Bonchev–Trinajstić information content (AvgIpc) is 2.40. The molecule has 1 aromatic carbocycles. The zero-order valence-electron chi connectivity index (χ0n) is 11.0. The van der Waals surface area contributed by atoms with Crippen LogP contribution in [0.1, 0.15) is 22.8 Å². The van der Waals surface area contributed by atoms with Gasteiger partial charge in [0.15, 0.2) is 10.9 Å². The molecule has 0 spiro atoms. The number of aromatic nitrogens is 2. The monoisotopic (exact) mass is 274 g/mol. The number of ether oxygens (including phenoxy) is 1. The number of rotatable bonds is 4. The van der Waals surface area contributed by atoms with E-state index in [-0.39, 0.29) is 5.78 Å². The van der Waals surface area contributed by atoms with Crippen LogP contribution >= 0.6 is 11.8 Å². The number of nitrogens with zero attached hydrogens (tertiary/aromatic N) is 2. The normalized spacial score (nSPS) is 10.3. The molecule has 0 radical (unpaired) electrons. The number of methoxy groups -OCH3 is 1. The van der Waals surface area contributed by atoms with E-state index in [2.05, 4.69) is 9.97 Å². The summed E-state index contributed by atoms with van der Waals surface area (Å²) in [4.78, 5) is 21.0. The molecule has 98 valence electrons. The molecule has 1 aromatic heterocycles. The third-order valence-electron chi connectivity index (χ3n) is 2.52. The average molecular weight is 274 g/mol. The number of ketones is 1. The molecule has 0 saturated carbocycles. The summed E-state index contributed by atoms with van der Waals surface area (Å²) in [7, 11) is 1.55. The second-order valence-corrected chi connectivity index (χ2v) is 5.04. The lowest BCUT2D eigenvalue weighted by Crippen LogP contribution is -2.00. The molecule has 5 heteroatoms. The topological polar surface area (TPSA) is 52.1 Å². The Kier molecular flexibility index (Phi) is 4.16. The zero-order chi connectivity index (χ0) is 13.8. The minimum Gasteiger partial charge on any atom is -0.496 e. The fraction of sp³-hybridized carbons (Fsp3) is 0.214. The maximum atomic E-state index is 11.8. The van der Waals surface area contributed by atoms with Crippen molar-refractivity contribution in [2.24, 2.45) is 0 Å². The molecule has 0 bridgehead atoms. The van der Waals surface area contributed by atoms with Gasteiger partial charge in [0.2, 0.25) is 0 Å². The molecule has 0 N–H and O–H groups in total. The van der Waals surface area contributed by atoms with Gasteiger partial charge in [-0.15, -0.1) is 0 Å². The number of hydrogen-bond acceptors (Lipinski definition) is 5. The van der Waals surface area contributed by atoms with Crippen molar-refractivity contribution in [3.05, 3.63) is 41.7 Å². The summed E-state index contributed by atoms with van der Waals surface area (Å²) in [5.41, 5.74) is 1.57. The number of benzene rings is 1. The lowest BCUT2D eigenvalue weighted by atomic mass is 10.1. The van der Waals surface area contributed by atoms with Gasteiger partial charge in [-0.25, -0.2) is 9.97 Å². The Hall–Kier alpha value is -1.88. The fourth-order valence-electron chi connectivity index (χ4n) is 1.64. The van der Waals surface area contributed by atoms with Crippen LogP contribution in [0.5, 0.6) is 5.75 Å². The van der Waals surface area contributed by atoms with E-state index in [1.54, 1.807) is 25.6 Å². The van der Waals surface area contributed by atoms with Crippen LogP contribution in [-0.2, 0) is 0 Å². The molecule has 2 rings (SSSR count). The van der Waals surface area contributed by atoms with Crippen molar-refractivity contribution < 1.29 is 9.53 Å². The third-order valence-corrected chi connectivity index (χ3v) is 3.47. The Morgan fingerprint density at radius 2 is 1.95 bits per heavy atom. The van der Waals surface area contributed by atoms with E-state index in [0.29, 0.717) is 16.5 Å². The van der Waals surface area contributed by atoms with Gasteiger partial charge in [-0.05, 0) is 43.3 Å². The first-order valence-corrected chi connectivity index (χ1v) is 6.58. The Morgan fingerprint density at radius 1 is 1.26 bits per heavy atom. The van der Waals surface area contributed by atoms with Crippen molar-refractivity contribution in [1.82, 2.24) is 9.97 Å². The van der Waals surface area contributed by atoms with Crippen LogP contribution in [0.15, 0.2) is 40.6 Å². The molecule has 4 nitrogen and oxygen atoms in total. The standard InChI is InChI=1S/C14H14N2O2S/c1-9-7-15-14(16-8-9)19-12-6-4-5-11(18-3)13(12)10(2)17/h4-8H,1-3H3. The van der Waals surface area contributed by atoms with E-state index in [0.717, 1.165) is 10.5 Å². The summed E-state index contributed by atoms with van der Waals surface area (Å²) in [6.45, 7) is 3.46. The van der Waals surface area contributed by atoms with Crippen LogP contribution in [0, 0.1) is 6.92 Å². The Morgan fingerprint density at radius 3 is 2.53 bits per heavy atom. The van der Waals surface area contributed by atoms with Crippen LogP contribution in [0.25, 0.3) is 0 Å². The van der Waals surface area contributed by atoms with Crippen molar-refractivity contribution in [2.45, 2.75) is 23.9 Å². The molecule has 1 heterocycles. The first-order chi connectivity index (χ1) is 9.11. The van der Waals surface area contributed by atoms with E-state index in [9.17, 15) is 4.79 Å². The van der Waals surface area contributed by atoms with E-state index in [4.69, 9.17) is 4.74 Å². The molecule has 0 saturated heterocycles. The predicted molar refractivity (Wildman–Crippen MR) is 73.9 cm³/mol. The molecule has 0 unspecified atom stereocenters. The number of carbonyl (C=O) groups is 1. The van der Waals surface area contributed by atoms with Crippen molar-refractivity contribution in [3.8, 4) is 5.75 Å².